The van der Waals surface area contributed by atoms with E-state index in [1.54, 1.807) is 0 Å². The highest BCUT2D eigenvalue weighted by atomic mass is 32.2. The van der Waals surface area contributed by atoms with Crippen molar-refractivity contribution in [3.8, 4) is 0 Å². The first kappa shape index (κ1) is 17.2. The van der Waals surface area contributed by atoms with Gasteiger partial charge in [0.25, 0.3) is 5.91 Å². The smallest absolute Gasteiger partial charge is 0.351 e. The number of nitrogens with two attached hydrogens (primary N) is 2. The van der Waals surface area contributed by atoms with Gasteiger partial charge in [-0.05, 0) is 18.2 Å². The van der Waals surface area contributed by atoms with Gasteiger partial charge in [-0.1, -0.05) is 0 Å². The van der Waals surface area contributed by atoms with Crippen molar-refractivity contribution in [2.24, 2.45) is 11.0 Å². The molecule has 0 atom stereocenters. The molecule has 6 N–H and O–H groups in total. The van der Waals surface area contributed by atoms with Crippen LogP contribution in [0.1, 0.15) is 15.9 Å². The van der Waals surface area contributed by atoms with E-state index in [4.69, 9.17) is 11.0 Å². The fourth-order valence-corrected chi connectivity index (χ4v) is 1.84. The SMILES string of the molecule is NNc1ccc(C(=O)NCCS(N)(=O)=O)cc1C(F)(F)F. The van der Waals surface area contributed by atoms with E-state index in [0.717, 1.165) is 12.1 Å². The fraction of sp³-hybridized carbons (Fsp3) is 0.300. The second kappa shape index (κ2) is 6.28. The zero-order valence-corrected chi connectivity index (χ0v) is 11.4. The Morgan fingerprint density at radius 1 is 1.29 bits per heavy atom. The number of halogens is 3. The maximum absolute atomic E-state index is 12.8. The predicted molar refractivity (Wildman–Crippen MR) is 69.6 cm³/mol. The molecule has 0 aliphatic rings. The summed E-state index contributed by atoms with van der Waals surface area (Å²) >= 11 is 0. The number of carbonyl (C=O) groups is 1. The van der Waals surface area contributed by atoms with Gasteiger partial charge in [0.2, 0.25) is 10.0 Å². The van der Waals surface area contributed by atoms with E-state index in [1.807, 2.05) is 5.43 Å². The Labute approximate surface area is 118 Å². The zero-order valence-electron chi connectivity index (χ0n) is 10.6. The van der Waals surface area contributed by atoms with Crippen molar-refractivity contribution in [2.45, 2.75) is 6.18 Å². The number of benzene rings is 1. The third kappa shape index (κ3) is 5.21. The molecule has 11 heteroatoms. The average Bonchev–Trinajstić information content (AvgIpc) is 2.35. The summed E-state index contributed by atoms with van der Waals surface area (Å²) in [6.45, 7) is -0.310. The normalized spacial score (nSPS) is 12.0. The lowest BCUT2D eigenvalue weighted by Gasteiger charge is -2.13. The van der Waals surface area contributed by atoms with E-state index in [0.29, 0.717) is 6.07 Å². The third-order valence-corrected chi connectivity index (χ3v) is 3.19. The molecule has 1 aromatic carbocycles. The molecule has 0 heterocycles. The maximum atomic E-state index is 12.8. The highest BCUT2D eigenvalue weighted by Crippen LogP contribution is 2.35. The fourth-order valence-electron chi connectivity index (χ4n) is 1.45. The van der Waals surface area contributed by atoms with Crippen molar-refractivity contribution in [2.75, 3.05) is 17.7 Å². The molecule has 0 radical (unpaired) electrons. The lowest BCUT2D eigenvalue weighted by Crippen LogP contribution is -2.31. The molecule has 0 aromatic heterocycles. The predicted octanol–water partition coefficient (Wildman–Crippen LogP) is 0.00930. The standard InChI is InChI=1S/C10H13F3N4O3S/c11-10(12,13)7-5-6(1-2-8(7)17-14)9(18)16-3-4-21(15,19)20/h1-2,5,17H,3-4,14H2,(H,16,18)(H2,15,19,20). The van der Waals surface area contributed by atoms with Gasteiger partial charge in [0.15, 0.2) is 0 Å². The molecular weight excluding hydrogens is 313 g/mol. The number of hydrogen-bond acceptors (Lipinski definition) is 5. The van der Waals surface area contributed by atoms with Gasteiger partial charge in [-0.3, -0.25) is 10.6 Å². The van der Waals surface area contributed by atoms with Crippen molar-refractivity contribution in [3.63, 3.8) is 0 Å². The molecular formula is C10H13F3N4O3S. The van der Waals surface area contributed by atoms with E-state index in [-0.39, 0.29) is 17.8 Å². The van der Waals surface area contributed by atoms with Gasteiger partial charge in [0.1, 0.15) is 0 Å². The van der Waals surface area contributed by atoms with Gasteiger partial charge in [0, 0.05) is 12.1 Å². The van der Waals surface area contributed by atoms with Crippen molar-refractivity contribution in [1.82, 2.24) is 5.32 Å². The van der Waals surface area contributed by atoms with Gasteiger partial charge >= 0.3 is 6.18 Å². The van der Waals surface area contributed by atoms with E-state index in [1.165, 1.54) is 0 Å². The summed E-state index contributed by atoms with van der Waals surface area (Å²) < 4.78 is 59.6. The van der Waals surface area contributed by atoms with Crippen LogP contribution in [0.2, 0.25) is 0 Å². The molecule has 0 spiro atoms. The Bertz CT molecular complexity index is 631. The number of carbonyl (C=O) groups excluding carboxylic acids is 1. The second-order valence-electron chi connectivity index (χ2n) is 4.03. The number of anilines is 1. The first-order chi connectivity index (χ1) is 9.54. The summed E-state index contributed by atoms with van der Waals surface area (Å²) in [4.78, 5) is 11.6. The Morgan fingerprint density at radius 3 is 2.38 bits per heavy atom. The van der Waals surface area contributed by atoms with Crippen LogP contribution in [0, 0.1) is 0 Å². The number of nitrogen functional groups attached to an aromatic ring is 1. The van der Waals surface area contributed by atoms with Crippen molar-refractivity contribution in [1.29, 1.82) is 0 Å². The highest BCUT2D eigenvalue weighted by Gasteiger charge is 2.34. The summed E-state index contributed by atoms with van der Waals surface area (Å²) in [5.41, 5.74) is 0.109. The van der Waals surface area contributed by atoms with Crippen molar-refractivity contribution in [3.05, 3.63) is 29.3 Å². The lowest BCUT2D eigenvalue weighted by molar-refractivity contribution is -0.137. The van der Waals surface area contributed by atoms with Crippen LogP contribution in [0.5, 0.6) is 0 Å². The minimum Gasteiger partial charge on any atom is -0.351 e. The van der Waals surface area contributed by atoms with Gasteiger partial charge in [0.05, 0.1) is 17.0 Å². The van der Waals surface area contributed by atoms with Gasteiger partial charge in [-0.25, -0.2) is 13.6 Å². The number of rotatable bonds is 5. The molecule has 0 bridgehead atoms. The molecule has 1 aromatic rings. The summed E-state index contributed by atoms with van der Waals surface area (Å²) in [7, 11) is -3.77. The summed E-state index contributed by atoms with van der Waals surface area (Å²) in [5.74, 6) is 3.60. The molecule has 0 unspecified atom stereocenters. The molecule has 1 rings (SSSR count). The molecule has 0 aliphatic heterocycles. The van der Waals surface area contributed by atoms with Gasteiger partial charge in [-0.15, -0.1) is 0 Å². The number of sulfonamides is 1. The number of hydrogen-bond donors (Lipinski definition) is 4. The Balaban J connectivity index is 2.91. The second-order valence-corrected chi connectivity index (χ2v) is 5.76. The van der Waals surface area contributed by atoms with Crippen LogP contribution >= 0.6 is 0 Å². The number of nitrogens with one attached hydrogen (secondary N) is 2. The monoisotopic (exact) mass is 326 g/mol. The number of hydrazine groups is 1. The lowest BCUT2D eigenvalue weighted by atomic mass is 10.1. The zero-order chi connectivity index (χ0) is 16.3. The van der Waals surface area contributed by atoms with Gasteiger partial charge in [-0.2, -0.15) is 13.2 Å². The maximum Gasteiger partial charge on any atom is 0.418 e. The first-order valence-electron chi connectivity index (χ1n) is 5.51. The number of primary sulfonamides is 1. The third-order valence-electron chi connectivity index (χ3n) is 2.41. The van der Waals surface area contributed by atoms with E-state index >= 15 is 0 Å². The summed E-state index contributed by atoms with van der Waals surface area (Å²) in [6, 6.07) is 2.73. The van der Waals surface area contributed by atoms with Crippen molar-refractivity contribution >= 4 is 21.6 Å². The van der Waals surface area contributed by atoms with E-state index in [2.05, 4.69) is 5.32 Å². The molecule has 0 saturated heterocycles. The molecule has 118 valence electrons. The van der Waals surface area contributed by atoms with Crippen LogP contribution in [0.15, 0.2) is 18.2 Å². The Morgan fingerprint density at radius 2 is 1.90 bits per heavy atom. The molecule has 1 amide bonds. The van der Waals surface area contributed by atoms with Gasteiger partial charge < -0.3 is 10.7 Å². The van der Waals surface area contributed by atoms with Crippen LogP contribution in [-0.2, 0) is 16.2 Å². The minimum absolute atomic E-state index is 0.282. The molecule has 0 fully saturated rings. The van der Waals surface area contributed by atoms with Crippen molar-refractivity contribution < 1.29 is 26.4 Å². The molecule has 21 heavy (non-hydrogen) atoms. The van der Waals surface area contributed by atoms with E-state index in [9.17, 15) is 26.4 Å². The average molecular weight is 326 g/mol. The summed E-state index contributed by atoms with van der Waals surface area (Å²) in [5, 5.41) is 6.88. The van der Waals surface area contributed by atoms with Crippen LogP contribution in [0.4, 0.5) is 18.9 Å². The topological polar surface area (TPSA) is 127 Å². The number of alkyl halides is 3. The summed E-state index contributed by atoms with van der Waals surface area (Å²) in [6.07, 6.45) is -4.70. The largest absolute Gasteiger partial charge is 0.418 e. The van der Waals surface area contributed by atoms with Crippen LogP contribution in [0.3, 0.4) is 0 Å². The molecule has 7 nitrogen and oxygen atoms in total. The first-order valence-corrected chi connectivity index (χ1v) is 7.22. The van der Waals surface area contributed by atoms with Crippen LogP contribution in [-0.4, -0.2) is 26.6 Å². The quantitative estimate of drug-likeness (QED) is 0.448. The highest BCUT2D eigenvalue weighted by molar-refractivity contribution is 7.89. The molecule has 0 aliphatic carbocycles. The Kier molecular flexibility index (Phi) is 5.15. The van der Waals surface area contributed by atoms with E-state index < -0.39 is 33.4 Å². The molecule has 0 saturated carbocycles. The minimum atomic E-state index is -4.70. The Hall–Kier alpha value is -1.85. The number of amides is 1. The van der Waals surface area contributed by atoms with Crippen LogP contribution < -0.4 is 21.7 Å². The van der Waals surface area contributed by atoms with Crippen LogP contribution in [0.25, 0.3) is 0 Å².